The van der Waals surface area contributed by atoms with Crippen LogP contribution in [0.2, 0.25) is 0 Å². The molecule has 0 saturated carbocycles. The lowest BCUT2D eigenvalue weighted by Gasteiger charge is -2.36. The molecule has 0 amide bonds. The summed E-state index contributed by atoms with van der Waals surface area (Å²) >= 11 is 0. The Labute approximate surface area is 118 Å². The van der Waals surface area contributed by atoms with Crippen molar-refractivity contribution in [1.29, 1.82) is 0 Å². The molecule has 1 aliphatic heterocycles. The minimum atomic E-state index is -1.89. The summed E-state index contributed by atoms with van der Waals surface area (Å²) in [4.78, 5) is 11.8. The summed E-state index contributed by atoms with van der Waals surface area (Å²) < 4.78 is 9.39. The zero-order valence-corrected chi connectivity index (χ0v) is 10.5. The summed E-state index contributed by atoms with van der Waals surface area (Å²) in [6, 6.07) is 3.62. The number of esters is 1. The lowest BCUT2D eigenvalue weighted by atomic mass is 9.99. The van der Waals surface area contributed by atoms with Crippen LogP contribution < -0.4 is 4.74 Å². The van der Waals surface area contributed by atoms with E-state index in [1.807, 2.05) is 0 Å². The number of hydrogen-bond donors (Lipinski definition) is 6. The molecule has 1 aromatic rings. The Bertz CT molecular complexity index is 531. The number of benzene rings is 1. The molecule has 9 nitrogen and oxygen atoms in total. The molecule has 116 valence electrons. The predicted octanol–water partition coefficient (Wildman–Crippen LogP) is -2.20. The monoisotopic (exact) mass is 302 g/mol. The van der Waals surface area contributed by atoms with Crippen molar-refractivity contribution in [2.75, 3.05) is 0 Å². The SMILES string of the molecule is O=C(Oc1cccc(O)c1O)C1OC(O)C(O)C(O)C1O. The van der Waals surface area contributed by atoms with Gasteiger partial charge in [0.05, 0.1) is 0 Å². The van der Waals surface area contributed by atoms with Gasteiger partial charge in [-0.25, -0.2) is 4.79 Å². The number of aromatic hydroxyl groups is 2. The van der Waals surface area contributed by atoms with Crippen LogP contribution in [0.1, 0.15) is 0 Å². The highest BCUT2D eigenvalue weighted by Crippen LogP contribution is 2.35. The summed E-state index contributed by atoms with van der Waals surface area (Å²) in [6.07, 6.45) is -9.10. The van der Waals surface area contributed by atoms with E-state index in [4.69, 9.17) is 4.74 Å². The van der Waals surface area contributed by atoms with E-state index in [1.54, 1.807) is 0 Å². The molecule has 9 heteroatoms. The fourth-order valence-electron chi connectivity index (χ4n) is 1.82. The summed E-state index contributed by atoms with van der Waals surface area (Å²) in [5.41, 5.74) is 0. The first kappa shape index (κ1) is 15.5. The number of carbonyl (C=O) groups excluding carboxylic acids is 1. The third-order valence-electron chi connectivity index (χ3n) is 3.01. The van der Waals surface area contributed by atoms with Crippen LogP contribution in [0.5, 0.6) is 17.2 Å². The van der Waals surface area contributed by atoms with Gasteiger partial charge in [-0.15, -0.1) is 0 Å². The molecule has 1 fully saturated rings. The van der Waals surface area contributed by atoms with Crippen LogP contribution in [0.15, 0.2) is 18.2 Å². The molecule has 0 aliphatic carbocycles. The third-order valence-corrected chi connectivity index (χ3v) is 3.01. The molecule has 21 heavy (non-hydrogen) atoms. The van der Waals surface area contributed by atoms with Crippen LogP contribution in [0.4, 0.5) is 0 Å². The van der Waals surface area contributed by atoms with Gasteiger partial charge in [-0.05, 0) is 12.1 Å². The van der Waals surface area contributed by atoms with Gasteiger partial charge in [-0.1, -0.05) is 6.07 Å². The molecule has 1 saturated heterocycles. The van der Waals surface area contributed by atoms with Gasteiger partial charge in [-0.2, -0.15) is 0 Å². The smallest absolute Gasteiger partial charge is 0.343 e. The van der Waals surface area contributed by atoms with Gasteiger partial charge in [0.15, 0.2) is 23.9 Å². The van der Waals surface area contributed by atoms with Crippen LogP contribution in [0, 0.1) is 0 Å². The first-order chi connectivity index (χ1) is 9.82. The minimum Gasteiger partial charge on any atom is -0.504 e. The molecule has 0 aromatic heterocycles. The minimum absolute atomic E-state index is 0.397. The standard InChI is InChI=1S/C12H14O9/c13-4-2-1-3-5(6(4)14)20-12(19)10-8(16)7(15)9(17)11(18)21-10/h1-3,7-11,13-18H. The van der Waals surface area contributed by atoms with Gasteiger partial charge in [0.25, 0.3) is 0 Å². The average molecular weight is 302 g/mol. The third kappa shape index (κ3) is 2.91. The number of para-hydroxylation sites is 1. The quantitative estimate of drug-likeness (QED) is 0.203. The maximum Gasteiger partial charge on any atom is 0.343 e. The molecule has 5 atom stereocenters. The Kier molecular flexibility index (Phi) is 4.30. The van der Waals surface area contributed by atoms with Gasteiger partial charge < -0.3 is 40.1 Å². The first-order valence-corrected chi connectivity index (χ1v) is 5.93. The molecular weight excluding hydrogens is 288 g/mol. The Balaban J connectivity index is 2.15. The molecule has 0 spiro atoms. The highest BCUT2D eigenvalue weighted by molar-refractivity contribution is 5.79. The summed E-state index contributed by atoms with van der Waals surface area (Å²) in [6.45, 7) is 0. The number of aliphatic hydroxyl groups is 4. The molecule has 1 aliphatic rings. The molecule has 5 unspecified atom stereocenters. The number of aliphatic hydroxyl groups excluding tert-OH is 4. The van der Waals surface area contributed by atoms with Crippen LogP contribution >= 0.6 is 0 Å². The Morgan fingerprint density at radius 1 is 1.05 bits per heavy atom. The number of phenols is 2. The number of ether oxygens (including phenoxy) is 2. The Morgan fingerprint density at radius 3 is 2.38 bits per heavy atom. The number of rotatable bonds is 2. The predicted molar refractivity (Wildman–Crippen MR) is 64.3 cm³/mol. The zero-order chi connectivity index (χ0) is 15.7. The number of hydrogen-bond acceptors (Lipinski definition) is 9. The van der Waals surface area contributed by atoms with Gasteiger partial charge in [0.2, 0.25) is 5.75 Å². The lowest BCUT2D eigenvalue weighted by Crippen LogP contribution is -2.60. The fraction of sp³-hybridized carbons (Fsp3) is 0.417. The molecule has 0 bridgehead atoms. The van der Waals surface area contributed by atoms with Crippen molar-refractivity contribution in [1.82, 2.24) is 0 Å². The normalized spacial score (nSPS) is 32.7. The van der Waals surface area contributed by atoms with Crippen LogP contribution in [-0.4, -0.2) is 67.3 Å². The fourth-order valence-corrected chi connectivity index (χ4v) is 1.82. The van der Waals surface area contributed by atoms with Crippen molar-refractivity contribution < 1.29 is 44.9 Å². The Hall–Kier alpha value is -1.91. The van der Waals surface area contributed by atoms with Crippen molar-refractivity contribution >= 4 is 5.97 Å². The molecule has 1 heterocycles. The summed E-state index contributed by atoms with van der Waals surface area (Å²) in [7, 11) is 0. The largest absolute Gasteiger partial charge is 0.504 e. The van der Waals surface area contributed by atoms with E-state index in [1.165, 1.54) is 12.1 Å². The molecular formula is C12H14O9. The van der Waals surface area contributed by atoms with Crippen molar-refractivity contribution in [3.63, 3.8) is 0 Å². The van der Waals surface area contributed by atoms with Crippen molar-refractivity contribution in [3.05, 3.63) is 18.2 Å². The summed E-state index contributed by atoms with van der Waals surface area (Å²) in [5, 5.41) is 56.4. The molecule has 6 N–H and O–H groups in total. The lowest BCUT2D eigenvalue weighted by molar-refractivity contribution is -0.279. The number of carbonyl (C=O) groups is 1. The van der Waals surface area contributed by atoms with E-state index < -0.39 is 53.9 Å². The van der Waals surface area contributed by atoms with E-state index in [9.17, 15) is 35.4 Å². The zero-order valence-electron chi connectivity index (χ0n) is 10.5. The second-order valence-electron chi connectivity index (χ2n) is 4.46. The van der Waals surface area contributed by atoms with E-state index in [0.717, 1.165) is 6.07 Å². The van der Waals surface area contributed by atoms with Crippen LogP contribution in [0.3, 0.4) is 0 Å². The van der Waals surface area contributed by atoms with Gasteiger partial charge in [0, 0.05) is 0 Å². The van der Waals surface area contributed by atoms with E-state index >= 15 is 0 Å². The van der Waals surface area contributed by atoms with Gasteiger partial charge >= 0.3 is 5.97 Å². The maximum atomic E-state index is 11.8. The number of phenolic OH excluding ortho intramolecular Hbond substituents is 2. The second kappa shape index (κ2) is 5.84. The van der Waals surface area contributed by atoms with E-state index in [0.29, 0.717) is 0 Å². The maximum absolute atomic E-state index is 11.8. The van der Waals surface area contributed by atoms with Crippen molar-refractivity contribution in [2.24, 2.45) is 0 Å². The first-order valence-electron chi connectivity index (χ1n) is 5.93. The van der Waals surface area contributed by atoms with Gasteiger partial charge in [0.1, 0.15) is 18.3 Å². The Morgan fingerprint density at radius 2 is 1.71 bits per heavy atom. The van der Waals surface area contributed by atoms with Gasteiger partial charge in [-0.3, -0.25) is 0 Å². The average Bonchev–Trinajstić information content (AvgIpc) is 2.45. The highest BCUT2D eigenvalue weighted by atomic mass is 16.7. The summed E-state index contributed by atoms with van der Waals surface area (Å²) in [5.74, 6) is -2.85. The van der Waals surface area contributed by atoms with Crippen molar-refractivity contribution in [2.45, 2.75) is 30.7 Å². The molecule has 0 radical (unpaired) electrons. The van der Waals surface area contributed by atoms with Crippen molar-refractivity contribution in [3.8, 4) is 17.2 Å². The molecule has 1 aromatic carbocycles. The van der Waals surface area contributed by atoms with E-state index in [-0.39, 0.29) is 0 Å². The van der Waals surface area contributed by atoms with E-state index in [2.05, 4.69) is 4.74 Å². The van der Waals surface area contributed by atoms with Crippen LogP contribution in [-0.2, 0) is 9.53 Å². The topological polar surface area (TPSA) is 157 Å². The molecule has 2 rings (SSSR count). The van der Waals surface area contributed by atoms with Crippen LogP contribution in [0.25, 0.3) is 0 Å². The second-order valence-corrected chi connectivity index (χ2v) is 4.46. The highest BCUT2D eigenvalue weighted by Gasteiger charge is 2.47.